The molecule has 7 heteroatoms. The molecular formula is C20H22BrClN2O3. The van der Waals surface area contributed by atoms with Gasteiger partial charge in [0.2, 0.25) is 0 Å². The summed E-state index contributed by atoms with van der Waals surface area (Å²) in [5.74, 6) is 0. The maximum Gasteiger partial charge on any atom is 0.197 e. The van der Waals surface area contributed by atoms with Crippen LogP contribution in [-0.4, -0.2) is 38.7 Å². The minimum absolute atomic E-state index is 0.00116. The predicted molar refractivity (Wildman–Crippen MR) is 115 cm³/mol. The fraction of sp³-hybridized carbons (Fsp3) is 0.350. The molecule has 27 heavy (non-hydrogen) atoms. The van der Waals surface area contributed by atoms with Gasteiger partial charge in [-0.05, 0) is 37.3 Å². The highest BCUT2D eigenvalue weighted by atomic mass is 79.9. The van der Waals surface area contributed by atoms with Crippen molar-refractivity contribution in [2.45, 2.75) is 13.5 Å². The third-order valence-corrected chi connectivity index (χ3v) is 5.19. The summed E-state index contributed by atoms with van der Waals surface area (Å²) in [6.45, 7) is 3.81. The van der Waals surface area contributed by atoms with Crippen molar-refractivity contribution in [3.63, 3.8) is 0 Å². The number of anilines is 1. The summed E-state index contributed by atoms with van der Waals surface area (Å²) in [6, 6.07) is 9.27. The number of ether oxygens (including phenoxy) is 2. The average Bonchev–Trinajstić information content (AvgIpc) is 2.63. The number of hydrogen-bond donors (Lipinski definition) is 0. The summed E-state index contributed by atoms with van der Waals surface area (Å²) in [4.78, 5) is 15.0. The molecule has 0 spiro atoms. The van der Waals surface area contributed by atoms with Gasteiger partial charge in [-0.25, -0.2) is 0 Å². The highest BCUT2D eigenvalue weighted by molar-refractivity contribution is 9.10. The number of rotatable bonds is 7. The van der Waals surface area contributed by atoms with Crippen LogP contribution in [0.15, 0.2) is 39.6 Å². The highest BCUT2D eigenvalue weighted by Crippen LogP contribution is 2.34. The van der Waals surface area contributed by atoms with Crippen molar-refractivity contribution in [1.29, 1.82) is 0 Å². The molecule has 2 aromatic carbocycles. The smallest absolute Gasteiger partial charge is 0.197 e. The van der Waals surface area contributed by atoms with E-state index in [4.69, 9.17) is 21.1 Å². The number of fused-ring (bicyclic) bond motifs is 2. The molecule has 0 saturated carbocycles. The Balaban J connectivity index is 2.28. The van der Waals surface area contributed by atoms with Gasteiger partial charge in [-0.3, -0.25) is 4.79 Å². The minimum atomic E-state index is -0.00116. The Bertz CT molecular complexity index is 1030. The van der Waals surface area contributed by atoms with Gasteiger partial charge in [0.1, 0.15) is 6.79 Å². The van der Waals surface area contributed by atoms with Gasteiger partial charge in [-0.15, -0.1) is 0 Å². The molecule has 144 valence electrons. The van der Waals surface area contributed by atoms with Crippen molar-refractivity contribution in [3.05, 3.63) is 50.1 Å². The first-order valence-electron chi connectivity index (χ1n) is 8.72. The lowest BCUT2D eigenvalue weighted by atomic mass is 10.1. The molecule has 0 amide bonds. The Morgan fingerprint density at radius 1 is 1.15 bits per heavy atom. The zero-order valence-corrected chi connectivity index (χ0v) is 17.9. The van der Waals surface area contributed by atoms with E-state index in [9.17, 15) is 4.79 Å². The first-order chi connectivity index (χ1) is 13.0. The first-order valence-corrected chi connectivity index (χ1v) is 9.90. The Hall–Kier alpha value is -1.60. The van der Waals surface area contributed by atoms with Crippen molar-refractivity contribution in [3.8, 4) is 0 Å². The van der Waals surface area contributed by atoms with E-state index in [2.05, 4.69) is 20.5 Å². The molecule has 0 N–H and O–H groups in total. The zero-order valence-electron chi connectivity index (χ0n) is 15.6. The third-order valence-electron chi connectivity index (χ3n) is 4.39. The highest BCUT2D eigenvalue weighted by Gasteiger charge is 2.17. The molecular weight excluding hydrogens is 432 g/mol. The molecule has 0 fully saturated rings. The minimum Gasteiger partial charge on any atom is -0.375 e. The van der Waals surface area contributed by atoms with E-state index in [0.717, 1.165) is 21.2 Å². The lowest BCUT2D eigenvalue weighted by Gasteiger charge is -2.22. The molecule has 1 aromatic heterocycles. The lowest BCUT2D eigenvalue weighted by molar-refractivity contribution is -0.0510. The van der Waals surface area contributed by atoms with Gasteiger partial charge < -0.3 is 18.9 Å². The molecule has 0 unspecified atom stereocenters. The number of aromatic nitrogens is 1. The monoisotopic (exact) mass is 452 g/mol. The van der Waals surface area contributed by atoms with Crippen molar-refractivity contribution in [2.75, 3.05) is 39.0 Å². The van der Waals surface area contributed by atoms with Crippen LogP contribution in [-0.2, 0) is 16.0 Å². The molecule has 0 atom stereocenters. The number of hydrogen-bond acceptors (Lipinski definition) is 4. The van der Waals surface area contributed by atoms with Gasteiger partial charge in [0.05, 0.1) is 28.4 Å². The van der Waals surface area contributed by atoms with Crippen LogP contribution < -0.4 is 10.3 Å². The molecule has 0 aliphatic rings. The molecule has 1 heterocycles. The molecule has 5 nitrogen and oxygen atoms in total. The van der Waals surface area contributed by atoms with E-state index in [1.807, 2.05) is 44.1 Å². The summed E-state index contributed by atoms with van der Waals surface area (Å²) in [5, 5.41) is 1.91. The molecule has 3 aromatic rings. The standard InChI is InChI=1S/C20H22BrClN2O3/c1-4-26-12-27-10-9-24-17-11-13(21)5-6-14(17)20(25)15-7-8-16(22)19(18(15)24)23(2)3/h5-8,11H,4,9-10,12H2,1-3H3. The maximum atomic E-state index is 13.1. The van der Waals surface area contributed by atoms with Gasteiger partial charge in [0.25, 0.3) is 0 Å². The van der Waals surface area contributed by atoms with Gasteiger partial charge >= 0.3 is 0 Å². The molecule has 0 radical (unpaired) electrons. The molecule has 3 rings (SSSR count). The Morgan fingerprint density at radius 3 is 2.59 bits per heavy atom. The largest absolute Gasteiger partial charge is 0.375 e. The second-order valence-electron chi connectivity index (χ2n) is 6.35. The fourth-order valence-electron chi connectivity index (χ4n) is 3.21. The topological polar surface area (TPSA) is 43.7 Å². The van der Waals surface area contributed by atoms with Gasteiger partial charge in [-0.1, -0.05) is 27.5 Å². The molecule has 0 bridgehead atoms. The number of pyridine rings is 1. The quantitative estimate of drug-likeness (QED) is 0.297. The van der Waals surface area contributed by atoms with E-state index in [0.29, 0.717) is 35.6 Å². The van der Waals surface area contributed by atoms with Crippen LogP contribution in [0.25, 0.3) is 21.8 Å². The third kappa shape index (κ3) is 3.99. The summed E-state index contributed by atoms with van der Waals surface area (Å²) in [7, 11) is 3.85. The number of halogens is 2. The van der Waals surface area contributed by atoms with E-state index in [1.165, 1.54) is 0 Å². The van der Waals surface area contributed by atoms with Gasteiger partial charge in [-0.2, -0.15) is 0 Å². The number of nitrogens with zero attached hydrogens (tertiary/aromatic N) is 2. The fourth-order valence-corrected chi connectivity index (χ4v) is 3.88. The van der Waals surface area contributed by atoms with Crippen molar-refractivity contribution < 1.29 is 9.47 Å². The van der Waals surface area contributed by atoms with E-state index < -0.39 is 0 Å². The average molecular weight is 454 g/mol. The van der Waals surface area contributed by atoms with E-state index >= 15 is 0 Å². The SMILES string of the molecule is CCOCOCCn1c2cc(Br)ccc2c(=O)c2ccc(Cl)c(N(C)C)c21. The van der Waals surface area contributed by atoms with Crippen LogP contribution in [0.1, 0.15) is 6.92 Å². The zero-order chi connectivity index (χ0) is 19.6. The Labute approximate surface area is 171 Å². The number of benzene rings is 2. The molecule has 0 saturated heterocycles. The summed E-state index contributed by atoms with van der Waals surface area (Å²) in [6.07, 6.45) is 0. The van der Waals surface area contributed by atoms with Crippen molar-refractivity contribution in [1.82, 2.24) is 4.57 Å². The van der Waals surface area contributed by atoms with Crippen LogP contribution in [0.3, 0.4) is 0 Å². The normalized spacial score (nSPS) is 11.4. The molecule has 0 aliphatic carbocycles. The van der Waals surface area contributed by atoms with Crippen molar-refractivity contribution >= 4 is 55.0 Å². The first kappa shape index (κ1) is 20.1. The summed E-state index contributed by atoms with van der Waals surface area (Å²) >= 11 is 10.0. The van der Waals surface area contributed by atoms with Crippen LogP contribution >= 0.6 is 27.5 Å². The van der Waals surface area contributed by atoms with Gasteiger partial charge in [0, 0.05) is 42.5 Å². The van der Waals surface area contributed by atoms with Crippen LogP contribution in [0.4, 0.5) is 5.69 Å². The molecule has 0 aliphatic heterocycles. The Kier molecular flexibility index (Phi) is 6.42. The van der Waals surface area contributed by atoms with Crippen LogP contribution in [0.2, 0.25) is 5.02 Å². The van der Waals surface area contributed by atoms with E-state index in [1.54, 1.807) is 12.1 Å². The van der Waals surface area contributed by atoms with Crippen molar-refractivity contribution in [2.24, 2.45) is 0 Å². The lowest BCUT2D eigenvalue weighted by Crippen LogP contribution is -2.19. The Morgan fingerprint density at radius 2 is 1.89 bits per heavy atom. The van der Waals surface area contributed by atoms with E-state index in [-0.39, 0.29) is 12.2 Å². The second kappa shape index (κ2) is 8.61. The summed E-state index contributed by atoms with van der Waals surface area (Å²) in [5.41, 5.74) is 2.46. The maximum absolute atomic E-state index is 13.1. The second-order valence-corrected chi connectivity index (χ2v) is 7.67. The van der Waals surface area contributed by atoms with Crippen LogP contribution in [0.5, 0.6) is 0 Å². The predicted octanol–water partition coefficient (Wildman–Crippen LogP) is 4.65. The van der Waals surface area contributed by atoms with Crippen LogP contribution in [0, 0.1) is 0 Å². The summed E-state index contributed by atoms with van der Waals surface area (Å²) < 4.78 is 13.8. The van der Waals surface area contributed by atoms with Gasteiger partial charge in [0.15, 0.2) is 5.43 Å².